The van der Waals surface area contributed by atoms with E-state index in [0.717, 1.165) is 6.92 Å². The van der Waals surface area contributed by atoms with Gasteiger partial charge in [-0.15, -0.1) is 0 Å². The Kier molecular flexibility index (Phi) is 4.69. The topological polar surface area (TPSA) is 104 Å². The standard InChI is InChI=1S/C8H17NO5S/c1-6(2)4-15(13,14)9-5-8(3,12)7(10)11/h6,9,12H,4-5H2,1-3H3,(H,10,11). The molecule has 0 rings (SSSR count). The van der Waals surface area contributed by atoms with Crippen molar-refractivity contribution in [2.45, 2.75) is 26.4 Å². The summed E-state index contributed by atoms with van der Waals surface area (Å²) in [5, 5.41) is 17.8. The van der Waals surface area contributed by atoms with Crippen LogP contribution in [0.2, 0.25) is 0 Å². The highest BCUT2D eigenvalue weighted by Gasteiger charge is 2.31. The van der Waals surface area contributed by atoms with Gasteiger partial charge in [0.2, 0.25) is 10.0 Å². The van der Waals surface area contributed by atoms with E-state index in [9.17, 15) is 18.3 Å². The number of aliphatic carboxylic acids is 1. The fraction of sp³-hybridized carbons (Fsp3) is 0.875. The second kappa shape index (κ2) is 4.91. The molecule has 0 saturated carbocycles. The Morgan fingerprint density at radius 2 is 1.93 bits per heavy atom. The van der Waals surface area contributed by atoms with Crippen molar-refractivity contribution >= 4 is 16.0 Å². The van der Waals surface area contributed by atoms with Crippen molar-refractivity contribution in [3.8, 4) is 0 Å². The highest BCUT2D eigenvalue weighted by molar-refractivity contribution is 7.89. The number of nitrogens with one attached hydrogen (secondary N) is 1. The van der Waals surface area contributed by atoms with Crippen molar-refractivity contribution in [2.75, 3.05) is 12.3 Å². The highest BCUT2D eigenvalue weighted by atomic mass is 32.2. The van der Waals surface area contributed by atoms with Crippen LogP contribution < -0.4 is 4.72 Å². The molecule has 6 nitrogen and oxygen atoms in total. The molecule has 0 aliphatic carbocycles. The minimum absolute atomic E-state index is 0.0581. The summed E-state index contributed by atoms with van der Waals surface area (Å²) in [4.78, 5) is 10.5. The second-order valence-corrected chi connectivity index (χ2v) is 5.93. The fourth-order valence-corrected chi connectivity index (χ4v) is 2.32. The Morgan fingerprint density at radius 1 is 1.47 bits per heavy atom. The molecule has 3 N–H and O–H groups in total. The van der Waals surface area contributed by atoms with Gasteiger partial charge in [0.25, 0.3) is 0 Å². The van der Waals surface area contributed by atoms with Gasteiger partial charge in [-0.2, -0.15) is 0 Å². The molecule has 0 amide bonds. The summed E-state index contributed by atoms with van der Waals surface area (Å²) in [6.45, 7) is 3.97. The largest absolute Gasteiger partial charge is 0.479 e. The van der Waals surface area contributed by atoms with Crippen LogP contribution in [0.15, 0.2) is 0 Å². The zero-order valence-corrected chi connectivity index (χ0v) is 9.84. The number of carboxylic acids is 1. The van der Waals surface area contributed by atoms with E-state index in [1.54, 1.807) is 13.8 Å². The zero-order valence-electron chi connectivity index (χ0n) is 9.02. The third-order valence-electron chi connectivity index (χ3n) is 1.65. The highest BCUT2D eigenvalue weighted by Crippen LogP contribution is 2.03. The summed E-state index contributed by atoms with van der Waals surface area (Å²) in [6, 6.07) is 0. The van der Waals surface area contributed by atoms with Gasteiger partial charge in [-0.05, 0) is 12.8 Å². The Bertz CT molecular complexity index is 320. The molecule has 90 valence electrons. The SMILES string of the molecule is CC(C)CS(=O)(=O)NCC(C)(O)C(=O)O. The average Bonchev–Trinajstić information content (AvgIpc) is 1.98. The molecule has 0 aromatic heterocycles. The maximum Gasteiger partial charge on any atom is 0.336 e. The number of carboxylic acid groups (broad SMARTS) is 1. The van der Waals surface area contributed by atoms with Crippen molar-refractivity contribution in [3.63, 3.8) is 0 Å². The normalized spacial score (nSPS) is 16.3. The van der Waals surface area contributed by atoms with Gasteiger partial charge in [0, 0.05) is 6.54 Å². The number of sulfonamides is 1. The minimum atomic E-state index is -3.52. The van der Waals surface area contributed by atoms with Gasteiger partial charge in [0.05, 0.1) is 5.75 Å². The lowest BCUT2D eigenvalue weighted by atomic mass is 10.1. The molecular weight excluding hydrogens is 222 g/mol. The predicted octanol–water partition coefficient (Wildman–Crippen LogP) is -0.603. The van der Waals surface area contributed by atoms with Crippen LogP contribution in [0.4, 0.5) is 0 Å². The number of carbonyl (C=O) groups is 1. The maximum absolute atomic E-state index is 11.3. The Balaban J connectivity index is 4.34. The van der Waals surface area contributed by atoms with Crippen molar-refractivity contribution in [3.05, 3.63) is 0 Å². The zero-order chi connectivity index (χ0) is 12.3. The molecule has 0 radical (unpaired) electrons. The molecule has 7 heteroatoms. The van der Waals surface area contributed by atoms with Gasteiger partial charge in [0.15, 0.2) is 5.60 Å². The lowest BCUT2D eigenvalue weighted by Gasteiger charge is -2.18. The molecule has 0 aromatic carbocycles. The molecule has 0 aliphatic rings. The molecule has 0 heterocycles. The number of aliphatic hydroxyl groups is 1. The molecule has 0 aliphatic heterocycles. The summed E-state index contributed by atoms with van der Waals surface area (Å²) in [5.74, 6) is -1.62. The molecule has 0 spiro atoms. The van der Waals surface area contributed by atoms with E-state index in [-0.39, 0.29) is 11.7 Å². The van der Waals surface area contributed by atoms with Gasteiger partial charge < -0.3 is 10.2 Å². The molecule has 0 bridgehead atoms. The monoisotopic (exact) mass is 239 g/mol. The van der Waals surface area contributed by atoms with E-state index in [1.807, 2.05) is 0 Å². The molecule has 1 atom stereocenters. The van der Waals surface area contributed by atoms with Crippen LogP contribution >= 0.6 is 0 Å². The molecule has 0 aromatic rings. The Morgan fingerprint density at radius 3 is 2.27 bits per heavy atom. The van der Waals surface area contributed by atoms with Crippen LogP contribution in [0, 0.1) is 5.92 Å². The lowest BCUT2D eigenvalue weighted by Crippen LogP contribution is -2.47. The van der Waals surface area contributed by atoms with Crippen LogP contribution in [0.1, 0.15) is 20.8 Å². The molecule has 1 unspecified atom stereocenters. The molecule has 0 fully saturated rings. The van der Waals surface area contributed by atoms with Crippen LogP contribution in [-0.2, 0) is 14.8 Å². The second-order valence-electron chi connectivity index (χ2n) is 4.08. The van der Waals surface area contributed by atoms with Crippen molar-refractivity contribution in [1.82, 2.24) is 4.72 Å². The third kappa shape index (κ3) is 5.71. The van der Waals surface area contributed by atoms with Crippen LogP contribution in [0.25, 0.3) is 0 Å². The van der Waals surface area contributed by atoms with E-state index in [2.05, 4.69) is 4.72 Å². The van der Waals surface area contributed by atoms with E-state index >= 15 is 0 Å². The first-order chi connectivity index (χ1) is 6.57. The smallest absolute Gasteiger partial charge is 0.336 e. The molecule has 0 saturated heterocycles. The lowest BCUT2D eigenvalue weighted by molar-refractivity contribution is -0.155. The Labute approximate surface area is 89.4 Å². The van der Waals surface area contributed by atoms with Crippen LogP contribution in [0.5, 0.6) is 0 Å². The van der Waals surface area contributed by atoms with Gasteiger partial charge in [-0.1, -0.05) is 13.8 Å². The Hall–Kier alpha value is -0.660. The van der Waals surface area contributed by atoms with Crippen LogP contribution in [-0.4, -0.2) is 42.5 Å². The summed E-state index contributed by atoms with van der Waals surface area (Å²) in [5.41, 5.74) is -2.08. The number of hydrogen-bond donors (Lipinski definition) is 3. The van der Waals surface area contributed by atoms with E-state index in [4.69, 9.17) is 5.11 Å². The first-order valence-electron chi connectivity index (χ1n) is 4.50. The molecule has 15 heavy (non-hydrogen) atoms. The van der Waals surface area contributed by atoms with Gasteiger partial charge in [-0.3, -0.25) is 0 Å². The van der Waals surface area contributed by atoms with E-state index in [0.29, 0.717) is 0 Å². The van der Waals surface area contributed by atoms with Gasteiger partial charge in [0.1, 0.15) is 0 Å². The summed E-state index contributed by atoms with van der Waals surface area (Å²) in [7, 11) is -3.52. The minimum Gasteiger partial charge on any atom is -0.479 e. The summed E-state index contributed by atoms with van der Waals surface area (Å²) >= 11 is 0. The van der Waals surface area contributed by atoms with Crippen molar-refractivity contribution in [1.29, 1.82) is 0 Å². The maximum atomic E-state index is 11.3. The summed E-state index contributed by atoms with van der Waals surface area (Å²) in [6.07, 6.45) is 0. The van der Waals surface area contributed by atoms with E-state index < -0.39 is 28.1 Å². The number of rotatable bonds is 6. The first kappa shape index (κ1) is 14.3. The fourth-order valence-electron chi connectivity index (χ4n) is 0.824. The van der Waals surface area contributed by atoms with E-state index in [1.165, 1.54) is 0 Å². The quantitative estimate of drug-likeness (QED) is 0.574. The first-order valence-corrected chi connectivity index (χ1v) is 6.15. The van der Waals surface area contributed by atoms with Gasteiger partial charge in [-0.25, -0.2) is 17.9 Å². The average molecular weight is 239 g/mol. The van der Waals surface area contributed by atoms with Crippen molar-refractivity contribution < 1.29 is 23.4 Å². The van der Waals surface area contributed by atoms with Crippen LogP contribution in [0.3, 0.4) is 0 Å². The molecular formula is C8H17NO5S. The summed E-state index contributed by atoms with van der Waals surface area (Å²) < 4.78 is 24.6. The van der Waals surface area contributed by atoms with Gasteiger partial charge >= 0.3 is 5.97 Å². The number of hydrogen-bond acceptors (Lipinski definition) is 4. The predicted molar refractivity (Wildman–Crippen MR) is 54.9 cm³/mol. The third-order valence-corrected chi connectivity index (χ3v) is 3.34. The van der Waals surface area contributed by atoms with Crippen molar-refractivity contribution in [2.24, 2.45) is 5.92 Å².